The Morgan fingerprint density at radius 1 is 1.16 bits per heavy atom. The summed E-state index contributed by atoms with van der Waals surface area (Å²) in [6, 6.07) is 0. The fourth-order valence-electron chi connectivity index (χ4n) is 4.54. The third kappa shape index (κ3) is 5.80. The number of unbranched alkanes of at least 4 members (excludes halogenated alkanes) is 3. The molecule has 0 aliphatic heterocycles. The van der Waals surface area contributed by atoms with Gasteiger partial charge in [0.15, 0.2) is 0 Å². The number of carboxylic acid groups (broad SMARTS) is 1. The van der Waals surface area contributed by atoms with Gasteiger partial charge in [0.25, 0.3) is 0 Å². The van der Waals surface area contributed by atoms with E-state index in [2.05, 4.69) is 13.8 Å². The number of ketones is 1. The van der Waals surface area contributed by atoms with E-state index >= 15 is 0 Å². The summed E-state index contributed by atoms with van der Waals surface area (Å²) in [7, 11) is 0. The van der Waals surface area contributed by atoms with E-state index < -0.39 is 17.5 Å². The van der Waals surface area contributed by atoms with Crippen molar-refractivity contribution in [1.29, 1.82) is 0 Å². The van der Waals surface area contributed by atoms with Gasteiger partial charge in [0, 0.05) is 12.3 Å². The summed E-state index contributed by atoms with van der Waals surface area (Å²) in [5.74, 6) is -1.14. The molecule has 1 fully saturated rings. The molecule has 4 heteroatoms. The van der Waals surface area contributed by atoms with Crippen molar-refractivity contribution >= 4 is 11.8 Å². The lowest BCUT2D eigenvalue weighted by molar-refractivity contribution is -0.161. The highest BCUT2D eigenvalue weighted by molar-refractivity contribution is 5.90. The van der Waals surface area contributed by atoms with Crippen LogP contribution in [0.3, 0.4) is 0 Å². The van der Waals surface area contributed by atoms with Gasteiger partial charge in [-0.05, 0) is 44.4 Å². The van der Waals surface area contributed by atoms with E-state index in [4.69, 9.17) is 0 Å². The maximum atomic E-state index is 12.4. The number of carbonyl (C=O) groups is 2. The molecule has 25 heavy (non-hydrogen) atoms. The van der Waals surface area contributed by atoms with E-state index in [0.717, 1.165) is 51.4 Å². The highest BCUT2D eigenvalue weighted by Gasteiger charge is 2.53. The Kier molecular flexibility index (Phi) is 9.70. The minimum absolute atomic E-state index is 0.0418. The van der Waals surface area contributed by atoms with Crippen LogP contribution in [-0.4, -0.2) is 28.1 Å². The Morgan fingerprint density at radius 2 is 1.84 bits per heavy atom. The van der Waals surface area contributed by atoms with Gasteiger partial charge in [-0.1, -0.05) is 52.9 Å². The summed E-state index contributed by atoms with van der Waals surface area (Å²) in [6.07, 6.45) is 9.19. The molecule has 0 radical (unpaired) electrons. The number of aliphatic hydroxyl groups is 1. The van der Waals surface area contributed by atoms with Crippen molar-refractivity contribution in [3.63, 3.8) is 0 Å². The summed E-state index contributed by atoms with van der Waals surface area (Å²) >= 11 is 0. The quantitative estimate of drug-likeness (QED) is 0.458. The fourth-order valence-corrected chi connectivity index (χ4v) is 4.54. The number of carbonyl (C=O) groups excluding carboxylic acids is 1. The van der Waals surface area contributed by atoms with Crippen LogP contribution in [0, 0.1) is 17.3 Å². The van der Waals surface area contributed by atoms with Crippen LogP contribution in [0.25, 0.3) is 0 Å². The molecule has 0 spiro atoms. The van der Waals surface area contributed by atoms with E-state index in [9.17, 15) is 19.8 Å². The Balaban J connectivity index is 2.91. The molecule has 0 bridgehead atoms. The second kappa shape index (κ2) is 10.9. The second-order valence-corrected chi connectivity index (χ2v) is 7.99. The molecule has 1 rings (SSSR count). The van der Waals surface area contributed by atoms with Gasteiger partial charge in [-0.15, -0.1) is 0 Å². The summed E-state index contributed by atoms with van der Waals surface area (Å²) in [4.78, 5) is 24.8. The predicted octanol–water partition coefficient (Wildman–Crippen LogP) is 4.97. The first kappa shape index (κ1) is 22.1. The van der Waals surface area contributed by atoms with Crippen LogP contribution in [0.2, 0.25) is 0 Å². The molecule has 1 aliphatic rings. The highest BCUT2D eigenvalue weighted by atomic mass is 16.4. The van der Waals surface area contributed by atoms with Crippen LogP contribution >= 0.6 is 0 Å². The van der Waals surface area contributed by atoms with E-state index in [1.165, 1.54) is 0 Å². The lowest BCUT2D eigenvalue weighted by Crippen LogP contribution is -2.46. The van der Waals surface area contributed by atoms with Gasteiger partial charge in [0.05, 0.1) is 11.5 Å². The largest absolute Gasteiger partial charge is 0.481 e. The predicted molar refractivity (Wildman–Crippen MR) is 100 cm³/mol. The first-order valence-corrected chi connectivity index (χ1v) is 10.3. The number of aliphatic carboxylic acids is 1. The number of aliphatic hydroxyl groups excluding tert-OH is 1. The van der Waals surface area contributed by atoms with Gasteiger partial charge in [0.2, 0.25) is 0 Å². The normalized spacial score (nSPS) is 22.6. The average Bonchev–Trinajstić information content (AvgIpc) is 3.00. The lowest BCUT2D eigenvalue weighted by Gasteiger charge is -2.40. The molecule has 146 valence electrons. The molecule has 0 saturated heterocycles. The monoisotopic (exact) mass is 354 g/mol. The van der Waals surface area contributed by atoms with Crippen LogP contribution in [0.15, 0.2) is 0 Å². The number of hydrogen-bond acceptors (Lipinski definition) is 3. The van der Waals surface area contributed by atoms with Crippen LogP contribution in [0.4, 0.5) is 0 Å². The first-order valence-electron chi connectivity index (χ1n) is 10.3. The Hall–Kier alpha value is -0.900. The van der Waals surface area contributed by atoms with E-state index in [1.54, 1.807) is 0 Å². The van der Waals surface area contributed by atoms with Gasteiger partial charge >= 0.3 is 5.97 Å². The molecule has 1 aliphatic carbocycles. The van der Waals surface area contributed by atoms with Gasteiger partial charge in [0.1, 0.15) is 5.78 Å². The van der Waals surface area contributed by atoms with Crippen molar-refractivity contribution in [2.45, 2.75) is 104 Å². The molecular weight excluding hydrogens is 316 g/mol. The van der Waals surface area contributed by atoms with Crippen molar-refractivity contribution in [2.24, 2.45) is 17.3 Å². The molecule has 0 aromatic rings. The molecule has 0 aromatic heterocycles. The van der Waals surface area contributed by atoms with E-state index in [1.807, 2.05) is 6.92 Å². The van der Waals surface area contributed by atoms with Crippen molar-refractivity contribution < 1.29 is 19.8 Å². The average molecular weight is 355 g/mol. The summed E-state index contributed by atoms with van der Waals surface area (Å²) < 4.78 is 0. The zero-order valence-corrected chi connectivity index (χ0v) is 16.4. The maximum absolute atomic E-state index is 12.4. The van der Waals surface area contributed by atoms with Crippen LogP contribution in [-0.2, 0) is 9.59 Å². The van der Waals surface area contributed by atoms with Gasteiger partial charge in [-0.2, -0.15) is 0 Å². The highest BCUT2D eigenvalue weighted by Crippen LogP contribution is 2.48. The number of Topliss-reactive ketones (excluding diaryl/α,β-unsaturated/α-hetero) is 1. The zero-order chi connectivity index (χ0) is 18.9. The molecule has 4 unspecified atom stereocenters. The summed E-state index contributed by atoms with van der Waals surface area (Å²) in [5.41, 5.74) is -1.01. The van der Waals surface area contributed by atoms with Crippen molar-refractivity contribution in [1.82, 2.24) is 0 Å². The third-order valence-electron chi connectivity index (χ3n) is 6.23. The SMILES string of the molecule is CCCCCC(O)CCC(C(=O)O)(C(C)CCCC)C1CCCC1=O. The third-order valence-corrected chi connectivity index (χ3v) is 6.23. The topological polar surface area (TPSA) is 74.6 Å². The summed E-state index contributed by atoms with van der Waals surface area (Å²) in [5, 5.41) is 20.5. The van der Waals surface area contributed by atoms with E-state index in [-0.39, 0.29) is 17.6 Å². The number of carboxylic acids is 1. The van der Waals surface area contributed by atoms with E-state index in [0.29, 0.717) is 25.7 Å². The number of rotatable bonds is 13. The maximum Gasteiger partial charge on any atom is 0.310 e. The zero-order valence-electron chi connectivity index (χ0n) is 16.4. The fraction of sp³-hybridized carbons (Fsp3) is 0.905. The molecule has 2 N–H and O–H groups in total. The first-order chi connectivity index (χ1) is 11.9. The molecule has 4 atom stereocenters. The van der Waals surface area contributed by atoms with Crippen LogP contribution in [0.5, 0.6) is 0 Å². The Morgan fingerprint density at radius 3 is 2.36 bits per heavy atom. The molecule has 4 nitrogen and oxygen atoms in total. The standard InChI is InChI=1S/C21H38O4/c1-4-6-8-11-17(22)14-15-21(20(24)25,16(3)10-7-5-2)18-12-9-13-19(18)23/h16-18,22H,4-15H2,1-3H3,(H,24,25). The minimum Gasteiger partial charge on any atom is -0.481 e. The second-order valence-electron chi connectivity index (χ2n) is 7.99. The smallest absolute Gasteiger partial charge is 0.310 e. The van der Waals surface area contributed by atoms with Crippen molar-refractivity contribution in [2.75, 3.05) is 0 Å². The molecular formula is C21H38O4. The molecule has 0 aromatic carbocycles. The lowest BCUT2D eigenvalue weighted by atomic mass is 9.62. The van der Waals surface area contributed by atoms with Crippen molar-refractivity contribution in [3.8, 4) is 0 Å². The van der Waals surface area contributed by atoms with Gasteiger partial charge in [-0.25, -0.2) is 0 Å². The Bertz CT molecular complexity index is 420. The number of hydrogen-bond donors (Lipinski definition) is 2. The van der Waals surface area contributed by atoms with Crippen LogP contribution in [0.1, 0.15) is 97.8 Å². The molecule has 0 amide bonds. The van der Waals surface area contributed by atoms with Crippen molar-refractivity contribution in [3.05, 3.63) is 0 Å². The van der Waals surface area contributed by atoms with Gasteiger partial charge < -0.3 is 10.2 Å². The molecule has 0 heterocycles. The Labute approximate surface area is 153 Å². The molecule has 1 saturated carbocycles. The van der Waals surface area contributed by atoms with Crippen LogP contribution < -0.4 is 0 Å². The van der Waals surface area contributed by atoms with Gasteiger partial charge in [-0.3, -0.25) is 9.59 Å². The minimum atomic E-state index is -1.01. The summed E-state index contributed by atoms with van der Waals surface area (Å²) in [6.45, 7) is 6.23.